The Labute approximate surface area is 658 Å². The largest absolute Gasteiger partial charge is 0.311 e. The molecule has 6 nitrogen and oxygen atoms in total. The highest BCUT2D eigenvalue weighted by Gasteiger charge is 2.50. The highest BCUT2D eigenvalue weighted by Crippen LogP contribution is 2.57. The zero-order valence-electron chi connectivity index (χ0n) is 60.8. The third-order valence-electron chi connectivity index (χ3n) is 23.3. The Morgan fingerprint density at radius 1 is 0.214 bits per heavy atom. The third kappa shape index (κ3) is 9.92. The van der Waals surface area contributed by atoms with E-state index >= 15 is 0 Å². The molecule has 23 rings (SSSR count). The molecule has 10 heteroatoms. The van der Waals surface area contributed by atoms with E-state index in [4.69, 9.17) is 0 Å². The maximum absolute atomic E-state index is 2.72. The van der Waals surface area contributed by atoms with Crippen molar-refractivity contribution >= 4 is 212 Å². The average molecular weight is 1460 g/mol. The fourth-order valence-corrected chi connectivity index (χ4v) is 21.1. The van der Waals surface area contributed by atoms with Gasteiger partial charge in [0, 0.05) is 125 Å². The van der Waals surface area contributed by atoms with E-state index in [1.807, 2.05) is 22.7 Å². The molecule has 0 aliphatic carbocycles. The Hall–Kier alpha value is -13.9. The lowest BCUT2D eigenvalue weighted by Crippen LogP contribution is -2.65. The van der Waals surface area contributed by atoms with Crippen LogP contribution >= 0.6 is 22.7 Å². The molecule has 0 spiro atoms. The Morgan fingerprint density at radius 2 is 0.545 bits per heavy atom. The summed E-state index contributed by atoms with van der Waals surface area (Å²) >= 11 is 3.74. The van der Waals surface area contributed by atoms with Crippen LogP contribution in [0, 0.1) is 0 Å². The summed E-state index contributed by atoms with van der Waals surface area (Å²) in [7, 11) is 0. The minimum absolute atomic E-state index is 0.259. The first kappa shape index (κ1) is 64.1. The van der Waals surface area contributed by atoms with Gasteiger partial charge in [-0.1, -0.05) is 261 Å². The van der Waals surface area contributed by atoms with Gasteiger partial charge in [0.1, 0.15) is 0 Å². The zero-order chi connectivity index (χ0) is 73.5. The SMILES string of the molecule is c1ccc(-c2cccc(-c3ccccc3)c2N2c3cc4c(cc3B3c5ccccc5N(c5cccc6sc7ccccc7c56)c5cc(N(c6ccccc6)c6ccccc6)cc2c53)B2c3ccccc3N(c3cccc5sc6ccccc6c35)c3cc(N(c5ccccc5)c5ccccc5)cc(c32)N4c2ccccc2)cc1. The molecule has 522 valence electrons. The van der Waals surface area contributed by atoms with Crippen LogP contribution in [0.5, 0.6) is 0 Å². The first-order valence-electron chi connectivity index (χ1n) is 38.5. The topological polar surface area (TPSA) is 19.4 Å². The molecule has 4 aliphatic rings. The van der Waals surface area contributed by atoms with E-state index in [-0.39, 0.29) is 13.4 Å². The van der Waals surface area contributed by atoms with Crippen LogP contribution < -0.4 is 62.2 Å². The van der Waals surface area contributed by atoms with Gasteiger partial charge in [-0.3, -0.25) is 0 Å². The summed E-state index contributed by atoms with van der Waals surface area (Å²) in [6.45, 7) is -0.545. The Morgan fingerprint density at radius 3 is 0.982 bits per heavy atom. The van der Waals surface area contributed by atoms with E-state index < -0.39 is 0 Å². The van der Waals surface area contributed by atoms with E-state index in [2.05, 4.69) is 430 Å². The van der Waals surface area contributed by atoms with Crippen LogP contribution in [-0.4, -0.2) is 13.4 Å². The molecule has 0 saturated carbocycles. The number of anilines is 18. The highest BCUT2D eigenvalue weighted by molar-refractivity contribution is 7.26. The molecule has 17 aromatic carbocycles. The van der Waals surface area contributed by atoms with Gasteiger partial charge in [0.2, 0.25) is 0 Å². The maximum atomic E-state index is 2.72. The molecule has 0 atom stereocenters. The maximum Gasteiger partial charge on any atom is 0.252 e. The minimum Gasteiger partial charge on any atom is -0.311 e. The standard InChI is InChI=1S/C102H66B2N6S2/c1-8-33-67(34-9-1)76-49-30-50-77(68-35-10-2-11-36-68)102(76)110-89-66-88-82(65-83(89)104-81-52-25-27-54-85(81)109(87-56-32-60-97-99(87)79-48-23-29-58-95(79)112-97)92-63-75(64-93(110)101(92)104)106(71-41-16-5-17-42-71)72-43-18-6-19-44-72)103-80-51-24-26-53-84(80)108(86-55-31-59-96-98(86)78-47-22-28-57-94(78)111-96)91-62-74(61-90(100(91)103)107(88)73-45-20-7-21-46-73)105(69-37-12-3-13-38-69)70-39-14-4-15-40-70/h1-66H. The Balaban J connectivity index is 0.885. The van der Waals surface area contributed by atoms with Gasteiger partial charge >= 0.3 is 0 Å². The lowest BCUT2D eigenvalue weighted by molar-refractivity contribution is 1.22. The number of nitrogens with zero attached hydrogens (tertiary/aromatic N) is 6. The number of hydrogen-bond acceptors (Lipinski definition) is 8. The zero-order valence-corrected chi connectivity index (χ0v) is 62.4. The van der Waals surface area contributed by atoms with Crippen molar-refractivity contribution < 1.29 is 0 Å². The van der Waals surface area contributed by atoms with Gasteiger partial charge in [-0.2, -0.15) is 0 Å². The van der Waals surface area contributed by atoms with Crippen molar-refractivity contribution in [2.45, 2.75) is 0 Å². The Bertz CT molecular complexity index is 6810. The highest BCUT2D eigenvalue weighted by atomic mass is 32.1. The van der Waals surface area contributed by atoms with E-state index in [9.17, 15) is 0 Å². The Kier molecular flexibility index (Phi) is 14.8. The number of rotatable bonds is 12. The lowest BCUT2D eigenvalue weighted by atomic mass is 9.30. The normalized spacial score (nSPS) is 12.9. The van der Waals surface area contributed by atoms with Crippen LogP contribution in [0.2, 0.25) is 0 Å². The molecule has 0 amide bonds. The van der Waals surface area contributed by atoms with Crippen LogP contribution in [0.3, 0.4) is 0 Å². The third-order valence-corrected chi connectivity index (χ3v) is 25.6. The number of para-hydroxylation sites is 8. The van der Waals surface area contributed by atoms with Crippen LogP contribution in [0.1, 0.15) is 0 Å². The van der Waals surface area contributed by atoms with Gasteiger partial charge in [-0.25, -0.2) is 0 Å². The van der Waals surface area contributed by atoms with E-state index in [0.29, 0.717) is 0 Å². The summed E-state index contributed by atoms with van der Waals surface area (Å²) in [5.74, 6) is 0. The number of fused-ring (bicyclic) bond motifs is 14. The average Bonchev–Trinajstić information content (AvgIpc) is 0.681. The van der Waals surface area contributed by atoms with Crippen LogP contribution in [0.4, 0.5) is 102 Å². The van der Waals surface area contributed by atoms with Crippen molar-refractivity contribution in [3.8, 4) is 22.3 Å². The van der Waals surface area contributed by atoms with E-state index in [1.165, 1.54) is 73.1 Å². The fraction of sp³-hybridized carbons (Fsp3) is 0. The monoisotopic (exact) mass is 1460 g/mol. The minimum atomic E-state index is -0.286. The van der Waals surface area contributed by atoms with Crippen molar-refractivity contribution in [1.29, 1.82) is 0 Å². The molecule has 6 heterocycles. The predicted octanol–water partition coefficient (Wildman–Crippen LogP) is 24.9. The fourth-order valence-electron chi connectivity index (χ4n) is 18.8. The molecule has 2 aromatic heterocycles. The second-order valence-corrected chi connectivity index (χ2v) is 31.5. The molecule has 4 aliphatic heterocycles. The second-order valence-electron chi connectivity index (χ2n) is 29.4. The molecule has 19 aromatic rings. The lowest BCUT2D eigenvalue weighted by Gasteiger charge is -2.48. The van der Waals surface area contributed by atoms with Gasteiger partial charge < -0.3 is 29.4 Å². The van der Waals surface area contributed by atoms with E-state index in [0.717, 1.165) is 125 Å². The quantitative estimate of drug-likeness (QED) is 0.113. The summed E-state index contributed by atoms with van der Waals surface area (Å²) < 4.78 is 5.03. The molecule has 0 saturated heterocycles. The number of thiophene rings is 2. The summed E-state index contributed by atoms with van der Waals surface area (Å²) in [6, 6.07) is 150. The van der Waals surface area contributed by atoms with Gasteiger partial charge in [0.05, 0.1) is 28.4 Å². The van der Waals surface area contributed by atoms with Gasteiger partial charge in [-0.15, -0.1) is 22.7 Å². The van der Waals surface area contributed by atoms with Crippen LogP contribution in [-0.2, 0) is 0 Å². The molecular formula is C102H66B2N6S2. The van der Waals surface area contributed by atoms with Crippen molar-refractivity contribution in [3.05, 3.63) is 400 Å². The summed E-state index contributed by atoms with van der Waals surface area (Å²) in [5.41, 5.74) is 31.5. The number of benzene rings is 17. The van der Waals surface area contributed by atoms with Crippen molar-refractivity contribution in [2.24, 2.45) is 0 Å². The van der Waals surface area contributed by atoms with Gasteiger partial charge in [0.25, 0.3) is 13.4 Å². The summed E-state index contributed by atoms with van der Waals surface area (Å²) in [6.07, 6.45) is 0. The molecule has 0 bridgehead atoms. The van der Waals surface area contributed by atoms with Crippen LogP contribution in [0.25, 0.3) is 62.6 Å². The molecule has 0 unspecified atom stereocenters. The molecule has 0 N–H and O–H groups in total. The van der Waals surface area contributed by atoms with Crippen molar-refractivity contribution in [3.63, 3.8) is 0 Å². The number of hydrogen-bond donors (Lipinski definition) is 0. The predicted molar refractivity (Wildman–Crippen MR) is 481 cm³/mol. The molecular weight excluding hydrogens is 1390 g/mol. The summed E-state index contributed by atoms with van der Waals surface area (Å²) in [4.78, 5) is 15.5. The molecule has 0 radical (unpaired) electrons. The smallest absolute Gasteiger partial charge is 0.252 e. The first-order chi connectivity index (χ1) is 55.6. The van der Waals surface area contributed by atoms with Crippen molar-refractivity contribution in [2.75, 3.05) is 29.4 Å². The van der Waals surface area contributed by atoms with Crippen molar-refractivity contribution in [1.82, 2.24) is 0 Å². The summed E-state index contributed by atoms with van der Waals surface area (Å²) in [5, 5.41) is 4.98. The van der Waals surface area contributed by atoms with E-state index in [1.54, 1.807) is 0 Å². The first-order valence-corrected chi connectivity index (χ1v) is 40.1. The second kappa shape index (κ2) is 25.9. The van der Waals surface area contributed by atoms with Gasteiger partial charge in [0.15, 0.2) is 0 Å². The molecule has 0 fully saturated rings. The molecule has 112 heavy (non-hydrogen) atoms. The van der Waals surface area contributed by atoms with Gasteiger partial charge in [-0.05, 0) is 183 Å². The van der Waals surface area contributed by atoms with Crippen LogP contribution in [0.15, 0.2) is 400 Å².